The van der Waals surface area contributed by atoms with Gasteiger partial charge in [0.05, 0.1) is 11.3 Å². The minimum atomic E-state index is -1.06. The summed E-state index contributed by atoms with van der Waals surface area (Å²) in [5.74, 6) is -1.50. The Morgan fingerprint density at radius 3 is 2.68 bits per heavy atom. The lowest BCUT2D eigenvalue weighted by Crippen LogP contribution is -2.32. The molecule has 0 radical (unpaired) electrons. The van der Waals surface area contributed by atoms with Crippen molar-refractivity contribution in [3.8, 4) is 6.07 Å². The molecule has 0 heterocycles. The summed E-state index contributed by atoms with van der Waals surface area (Å²) in [6, 6.07) is 4.62. The molecule has 4 heteroatoms. The lowest BCUT2D eigenvalue weighted by Gasteiger charge is -2.32. The summed E-state index contributed by atoms with van der Waals surface area (Å²) in [6.07, 6.45) is 5.49. The predicted octanol–water partition coefficient (Wildman–Crippen LogP) is 4.22. The molecule has 2 nitrogen and oxygen atoms in total. The van der Waals surface area contributed by atoms with Gasteiger partial charge in [0, 0.05) is 6.04 Å². The van der Waals surface area contributed by atoms with E-state index in [1.807, 2.05) is 0 Å². The molecule has 1 saturated carbocycles. The normalized spacial score (nSPS) is 22.8. The summed E-state index contributed by atoms with van der Waals surface area (Å²) in [4.78, 5) is 0. The fraction of sp³-hybridized carbons (Fsp3) is 0.533. The number of rotatable bonds is 3. The molecule has 0 aliphatic heterocycles. The number of benzene rings is 1. The van der Waals surface area contributed by atoms with Crippen molar-refractivity contribution in [2.75, 3.05) is 5.32 Å². The van der Waals surface area contributed by atoms with Crippen LogP contribution < -0.4 is 5.32 Å². The molecule has 1 aromatic carbocycles. The molecule has 0 aromatic heterocycles. The zero-order valence-electron chi connectivity index (χ0n) is 11.0. The van der Waals surface area contributed by atoms with E-state index in [0.717, 1.165) is 25.7 Å². The maximum atomic E-state index is 13.8. The number of nitrogens with one attached hydrogen (secondary N) is 1. The number of anilines is 1. The quantitative estimate of drug-likeness (QED) is 0.887. The largest absolute Gasteiger partial charge is 0.380 e. The second-order valence-corrected chi connectivity index (χ2v) is 5.10. The first-order valence-electron chi connectivity index (χ1n) is 6.82. The Labute approximate surface area is 112 Å². The summed E-state index contributed by atoms with van der Waals surface area (Å²) in [5.41, 5.74) is -0.0828. The number of nitriles is 1. The van der Waals surface area contributed by atoms with Gasteiger partial charge in [-0.25, -0.2) is 8.78 Å². The van der Waals surface area contributed by atoms with Crippen molar-refractivity contribution in [1.82, 2.24) is 0 Å². The summed E-state index contributed by atoms with van der Waals surface area (Å²) in [5, 5.41) is 11.8. The van der Waals surface area contributed by atoms with Gasteiger partial charge in [0.15, 0.2) is 11.6 Å². The molecule has 2 atom stereocenters. The minimum absolute atomic E-state index is 0.168. The van der Waals surface area contributed by atoms with Gasteiger partial charge < -0.3 is 5.32 Å². The second kappa shape index (κ2) is 6.01. The van der Waals surface area contributed by atoms with Gasteiger partial charge in [0.1, 0.15) is 6.07 Å². The van der Waals surface area contributed by atoms with Crippen LogP contribution in [0.15, 0.2) is 12.1 Å². The molecule has 1 N–H and O–H groups in total. The van der Waals surface area contributed by atoms with Crippen LogP contribution in [0.1, 0.15) is 44.6 Å². The summed E-state index contributed by atoms with van der Waals surface area (Å²) in [6.45, 7) is 2.13. The van der Waals surface area contributed by atoms with Crippen LogP contribution in [-0.2, 0) is 0 Å². The van der Waals surface area contributed by atoms with Crippen LogP contribution >= 0.6 is 0 Å². The molecule has 102 valence electrons. The van der Waals surface area contributed by atoms with E-state index in [2.05, 4.69) is 12.2 Å². The standard InChI is InChI=1S/C15H18F2N2/c1-2-10-5-3-4-6-12(10)19-13-8-7-11(9-18)14(16)15(13)17/h7-8,10,12,19H,2-6H2,1H3. The Morgan fingerprint density at radius 2 is 2.00 bits per heavy atom. The van der Waals surface area contributed by atoms with Crippen molar-refractivity contribution in [2.24, 2.45) is 5.92 Å². The van der Waals surface area contributed by atoms with Crippen molar-refractivity contribution in [3.05, 3.63) is 29.3 Å². The van der Waals surface area contributed by atoms with E-state index in [-0.39, 0.29) is 17.3 Å². The molecule has 1 aliphatic carbocycles. The molecular formula is C15H18F2N2. The third-order valence-electron chi connectivity index (χ3n) is 3.98. The van der Waals surface area contributed by atoms with Crippen LogP contribution in [0.2, 0.25) is 0 Å². The summed E-state index contributed by atoms with van der Waals surface area (Å²) in [7, 11) is 0. The molecule has 1 fully saturated rings. The molecule has 1 aliphatic rings. The van der Waals surface area contributed by atoms with Crippen LogP contribution in [0.5, 0.6) is 0 Å². The van der Waals surface area contributed by atoms with Gasteiger partial charge in [-0.2, -0.15) is 5.26 Å². The van der Waals surface area contributed by atoms with Crippen LogP contribution in [0.3, 0.4) is 0 Å². The molecule has 0 spiro atoms. The van der Waals surface area contributed by atoms with Gasteiger partial charge in [-0.1, -0.05) is 26.2 Å². The van der Waals surface area contributed by atoms with Crippen LogP contribution in [0, 0.1) is 28.9 Å². The third kappa shape index (κ3) is 2.86. The molecule has 0 saturated heterocycles. The van der Waals surface area contributed by atoms with E-state index < -0.39 is 11.6 Å². The number of halogens is 2. The van der Waals surface area contributed by atoms with E-state index >= 15 is 0 Å². The van der Waals surface area contributed by atoms with Gasteiger partial charge in [-0.3, -0.25) is 0 Å². The molecule has 19 heavy (non-hydrogen) atoms. The summed E-state index contributed by atoms with van der Waals surface area (Å²) < 4.78 is 27.4. The van der Waals surface area contributed by atoms with E-state index in [9.17, 15) is 8.78 Å². The molecule has 1 aromatic rings. The van der Waals surface area contributed by atoms with Crippen molar-refractivity contribution < 1.29 is 8.78 Å². The zero-order chi connectivity index (χ0) is 13.8. The van der Waals surface area contributed by atoms with Crippen molar-refractivity contribution >= 4 is 5.69 Å². The average Bonchev–Trinajstić information content (AvgIpc) is 2.45. The van der Waals surface area contributed by atoms with Crippen LogP contribution in [0.25, 0.3) is 0 Å². The molecule has 0 amide bonds. The SMILES string of the molecule is CCC1CCCCC1Nc1ccc(C#N)c(F)c1F. The topological polar surface area (TPSA) is 35.8 Å². The van der Waals surface area contributed by atoms with Gasteiger partial charge in [0.25, 0.3) is 0 Å². The highest BCUT2D eigenvalue weighted by Gasteiger charge is 2.25. The van der Waals surface area contributed by atoms with E-state index in [4.69, 9.17) is 5.26 Å². The second-order valence-electron chi connectivity index (χ2n) is 5.10. The fourth-order valence-corrected chi connectivity index (χ4v) is 2.83. The predicted molar refractivity (Wildman–Crippen MR) is 70.7 cm³/mol. The maximum Gasteiger partial charge on any atom is 0.183 e. The Balaban J connectivity index is 2.19. The van der Waals surface area contributed by atoms with Crippen molar-refractivity contribution in [2.45, 2.75) is 45.1 Å². The zero-order valence-corrected chi connectivity index (χ0v) is 11.0. The van der Waals surface area contributed by atoms with Gasteiger partial charge >= 0.3 is 0 Å². The first kappa shape index (κ1) is 13.8. The maximum absolute atomic E-state index is 13.8. The van der Waals surface area contributed by atoms with E-state index in [0.29, 0.717) is 5.92 Å². The average molecular weight is 264 g/mol. The Bertz CT molecular complexity index is 494. The van der Waals surface area contributed by atoms with E-state index in [1.165, 1.54) is 18.6 Å². The number of nitrogens with zero attached hydrogens (tertiary/aromatic N) is 1. The Kier molecular flexibility index (Phi) is 4.36. The van der Waals surface area contributed by atoms with E-state index in [1.54, 1.807) is 6.07 Å². The monoisotopic (exact) mass is 264 g/mol. The van der Waals surface area contributed by atoms with Crippen molar-refractivity contribution in [3.63, 3.8) is 0 Å². The third-order valence-corrected chi connectivity index (χ3v) is 3.98. The molecular weight excluding hydrogens is 246 g/mol. The number of hydrogen-bond acceptors (Lipinski definition) is 2. The molecule has 0 bridgehead atoms. The minimum Gasteiger partial charge on any atom is -0.380 e. The lowest BCUT2D eigenvalue weighted by molar-refractivity contribution is 0.316. The smallest absolute Gasteiger partial charge is 0.183 e. The van der Waals surface area contributed by atoms with Gasteiger partial charge in [-0.05, 0) is 30.9 Å². The highest BCUT2D eigenvalue weighted by atomic mass is 19.2. The first-order valence-corrected chi connectivity index (χ1v) is 6.82. The summed E-state index contributed by atoms with van der Waals surface area (Å²) >= 11 is 0. The molecule has 2 rings (SSSR count). The molecule has 2 unspecified atom stereocenters. The lowest BCUT2D eigenvalue weighted by atomic mass is 9.83. The Hall–Kier alpha value is -1.63. The van der Waals surface area contributed by atoms with Crippen molar-refractivity contribution in [1.29, 1.82) is 5.26 Å². The first-order chi connectivity index (χ1) is 9.17. The van der Waals surface area contributed by atoms with Gasteiger partial charge in [0.2, 0.25) is 0 Å². The Morgan fingerprint density at radius 1 is 1.26 bits per heavy atom. The number of hydrogen-bond donors (Lipinski definition) is 1. The van der Waals surface area contributed by atoms with Gasteiger partial charge in [-0.15, -0.1) is 0 Å². The highest BCUT2D eigenvalue weighted by Crippen LogP contribution is 2.30. The van der Waals surface area contributed by atoms with Crippen LogP contribution in [-0.4, -0.2) is 6.04 Å². The van der Waals surface area contributed by atoms with Crippen LogP contribution in [0.4, 0.5) is 14.5 Å². The highest BCUT2D eigenvalue weighted by molar-refractivity contribution is 5.50. The fourth-order valence-electron chi connectivity index (χ4n) is 2.83.